The number of amides is 1. The molecular weight excluding hydrogens is 465 g/mol. The molecule has 0 aliphatic carbocycles. The van der Waals surface area contributed by atoms with Crippen molar-refractivity contribution >= 4 is 50.6 Å². The van der Waals surface area contributed by atoms with Crippen LogP contribution < -0.4 is 5.56 Å². The molecule has 5 nitrogen and oxygen atoms in total. The minimum Gasteiger partial charge on any atom is -0.341 e. The highest BCUT2D eigenvalue weighted by Crippen LogP contribution is 2.34. The highest BCUT2D eigenvalue weighted by Gasteiger charge is 2.19. The molecule has 4 rings (SSSR count). The average Bonchev–Trinajstić information content (AvgIpc) is 3.45. The van der Waals surface area contributed by atoms with Crippen LogP contribution in [0.15, 0.2) is 69.8 Å². The molecule has 3 heterocycles. The van der Waals surface area contributed by atoms with Crippen LogP contribution in [0.4, 0.5) is 4.39 Å². The number of fused-ring (bicyclic) bond motifs is 1. The van der Waals surface area contributed by atoms with Crippen molar-refractivity contribution in [3.8, 4) is 10.4 Å². The fourth-order valence-corrected chi connectivity index (χ4v) is 5.98. The van der Waals surface area contributed by atoms with E-state index in [1.807, 2.05) is 22.9 Å². The van der Waals surface area contributed by atoms with Crippen molar-refractivity contribution in [2.45, 2.75) is 18.2 Å². The molecular formula is C23H20FN3O2S3. The number of aromatic nitrogens is 2. The van der Waals surface area contributed by atoms with Crippen LogP contribution in [0, 0.1) is 5.82 Å². The van der Waals surface area contributed by atoms with E-state index in [1.165, 1.54) is 34.1 Å². The first kappa shape index (κ1) is 22.4. The summed E-state index contributed by atoms with van der Waals surface area (Å²) < 4.78 is 15.4. The number of thioether (sulfide) groups is 1. The molecule has 32 heavy (non-hydrogen) atoms. The molecule has 9 heteroatoms. The summed E-state index contributed by atoms with van der Waals surface area (Å²) in [7, 11) is 1.63. The van der Waals surface area contributed by atoms with Crippen LogP contribution in [-0.4, -0.2) is 33.2 Å². The quantitative estimate of drug-likeness (QED) is 0.194. The lowest BCUT2D eigenvalue weighted by Gasteiger charge is -2.18. The van der Waals surface area contributed by atoms with Gasteiger partial charge in [0.1, 0.15) is 10.6 Å². The number of hydrogen-bond acceptors (Lipinski definition) is 6. The summed E-state index contributed by atoms with van der Waals surface area (Å²) >= 11 is 4.19. The third-order valence-corrected chi connectivity index (χ3v) is 7.61. The van der Waals surface area contributed by atoms with Gasteiger partial charge in [-0.25, -0.2) is 9.37 Å². The maximum absolute atomic E-state index is 13.9. The van der Waals surface area contributed by atoms with E-state index in [2.05, 4.69) is 11.6 Å². The highest BCUT2D eigenvalue weighted by atomic mass is 32.2. The fourth-order valence-electron chi connectivity index (χ4n) is 3.23. The third-order valence-electron chi connectivity index (χ3n) is 4.87. The number of rotatable bonds is 8. The van der Waals surface area contributed by atoms with Crippen molar-refractivity contribution in [3.05, 3.63) is 81.5 Å². The van der Waals surface area contributed by atoms with Crippen LogP contribution in [0.2, 0.25) is 0 Å². The molecule has 4 aromatic rings. The lowest BCUT2D eigenvalue weighted by molar-refractivity contribution is -0.127. The Hall–Kier alpha value is -2.75. The predicted octanol–water partition coefficient (Wildman–Crippen LogP) is 5.26. The lowest BCUT2D eigenvalue weighted by atomic mass is 10.2. The number of halogens is 1. The van der Waals surface area contributed by atoms with Crippen LogP contribution in [0.5, 0.6) is 0 Å². The fraction of sp³-hybridized carbons (Fsp3) is 0.174. The molecule has 1 amide bonds. The molecule has 0 atom stereocenters. The van der Waals surface area contributed by atoms with Crippen molar-refractivity contribution in [3.63, 3.8) is 0 Å². The maximum atomic E-state index is 13.9. The van der Waals surface area contributed by atoms with Gasteiger partial charge in [-0.05, 0) is 17.5 Å². The Balaban J connectivity index is 1.58. The van der Waals surface area contributed by atoms with Crippen molar-refractivity contribution in [2.75, 3.05) is 12.8 Å². The van der Waals surface area contributed by atoms with E-state index in [9.17, 15) is 14.0 Å². The Labute approximate surface area is 196 Å². The van der Waals surface area contributed by atoms with E-state index >= 15 is 0 Å². The van der Waals surface area contributed by atoms with Crippen molar-refractivity contribution in [1.29, 1.82) is 0 Å². The highest BCUT2D eigenvalue weighted by molar-refractivity contribution is 7.99. The van der Waals surface area contributed by atoms with E-state index < -0.39 is 0 Å². The molecule has 0 N–H and O–H groups in total. The first-order chi connectivity index (χ1) is 15.5. The van der Waals surface area contributed by atoms with Crippen LogP contribution in [-0.2, 0) is 17.9 Å². The molecule has 0 fully saturated rings. The molecule has 3 aromatic heterocycles. The number of nitrogens with zero attached hydrogens (tertiary/aromatic N) is 3. The Morgan fingerprint density at radius 2 is 2.09 bits per heavy atom. The van der Waals surface area contributed by atoms with E-state index in [4.69, 9.17) is 0 Å². The summed E-state index contributed by atoms with van der Waals surface area (Å²) in [5.74, 6) is -0.433. The van der Waals surface area contributed by atoms with Gasteiger partial charge in [0.05, 0.1) is 11.1 Å². The number of carbonyl (C=O) groups is 1. The molecule has 0 saturated carbocycles. The second-order valence-corrected chi connectivity index (χ2v) is 9.78. The number of thiophene rings is 2. The van der Waals surface area contributed by atoms with Gasteiger partial charge in [0.15, 0.2) is 5.16 Å². The standard InChI is InChI=1S/C23H20FN3O2S3/c1-3-10-27-22(29)20-16(18-9-6-11-30-18)13-31-21(20)25-23(27)32-14-19(28)26(2)12-15-7-4-5-8-17(15)24/h3-9,11,13H,1,10,12,14H2,2H3. The summed E-state index contributed by atoms with van der Waals surface area (Å²) in [5, 5.41) is 4.98. The van der Waals surface area contributed by atoms with Crippen LogP contribution in [0.25, 0.3) is 20.7 Å². The number of benzene rings is 1. The first-order valence-corrected chi connectivity index (χ1v) is 12.5. The SMILES string of the molecule is C=CCn1c(SCC(=O)N(C)Cc2ccccc2F)nc2scc(-c3cccs3)c2c1=O. The summed E-state index contributed by atoms with van der Waals surface area (Å²) in [5.41, 5.74) is 1.19. The van der Waals surface area contributed by atoms with Gasteiger partial charge < -0.3 is 4.90 Å². The zero-order valence-electron chi connectivity index (χ0n) is 17.3. The van der Waals surface area contributed by atoms with Crippen LogP contribution in [0.3, 0.4) is 0 Å². The van der Waals surface area contributed by atoms with Crippen molar-refractivity contribution in [2.24, 2.45) is 0 Å². The van der Waals surface area contributed by atoms with Gasteiger partial charge in [-0.1, -0.05) is 42.1 Å². The molecule has 0 saturated heterocycles. The van der Waals surface area contributed by atoms with Crippen LogP contribution >= 0.6 is 34.4 Å². The molecule has 0 aliphatic rings. The number of hydrogen-bond donors (Lipinski definition) is 0. The molecule has 0 radical (unpaired) electrons. The van der Waals surface area contributed by atoms with Gasteiger partial charge in [0.25, 0.3) is 5.56 Å². The predicted molar refractivity (Wildman–Crippen MR) is 131 cm³/mol. The van der Waals surface area contributed by atoms with Crippen molar-refractivity contribution < 1.29 is 9.18 Å². The lowest BCUT2D eigenvalue weighted by Crippen LogP contribution is -2.29. The zero-order valence-corrected chi connectivity index (χ0v) is 19.7. The molecule has 164 valence electrons. The average molecular weight is 486 g/mol. The summed E-state index contributed by atoms with van der Waals surface area (Å²) in [6.07, 6.45) is 1.64. The minimum atomic E-state index is -0.342. The second-order valence-electron chi connectivity index (χ2n) is 7.04. The second kappa shape index (κ2) is 9.81. The normalized spacial score (nSPS) is 11.1. The van der Waals surface area contributed by atoms with Gasteiger partial charge in [0, 0.05) is 41.5 Å². The van der Waals surface area contributed by atoms with Gasteiger partial charge in [-0.2, -0.15) is 0 Å². The largest absolute Gasteiger partial charge is 0.341 e. The molecule has 0 spiro atoms. The van der Waals surface area contributed by atoms with E-state index in [-0.39, 0.29) is 29.6 Å². The minimum absolute atomic E-state index is 0.0865. The van der Waals surface area contributed by atoms with Gasteiger partial charge in [0.2, 0.25) is 5.91 Å². The van der Waals surface area contributed by atoms with Crippen molar-refractivity contribution in [1.82, 2.24) is 14.5 Å². The summed E-state index contributed by atoms with van der Waals surface area (Å²) in [6.45, 7) is 4.22. The number of allylic oxidation sites excluding steroid dienone is 1. The monoisotopic (exact) mass is 485 g/mol. The third kappa shape index (κ3) is 4.55. The van der Waals surface area contributed by atoms with Gasteiger partial charge >= 0.3 is 0 Å². The topological polar surface area (TPSA) is 55.2 Å². The van der Waals surface area contributed by atoms with E-state index in [0.717, 1.165) is 10.4 Å². The van der Waals surface area contributed by atoms with Gasteiger partial charge in [-0.15, -0.1) is 29.3 Å². The molecule has 0 unspecified atom stereocenters. The Morgan fingerprint density at radius 3 is 2.81 bits per heavy atom. The smallest absolute Gasteiger partial charge is 0.263 e. The van der Waals surface area contributed by atoms with E-state index in [0.29, 0.717) is 27.5 Å². The molecule has 0 bridgehead atoms. The summed E-state index contributed by atoms with van der Waals surface area (Å²) in [6, 6.07) is 10.3. The number of carbonyl (C=O) groups excluding carboxylic acids is 1. The first-order valence-electron chi connectivity index (χ1n) is 9.76. The van der Waals surface area contributed by atoms with Gasteiger partial charge in [-0.3, -0.25) is 14.2 Å². The summed E-state index contributed by atoms with van der Waals surface area (Å²) in [4.78, 5) is 33.8. The molecule has 1 aromatic carbocycles. The molecule has 0 aliphatic heterocycles. The maximum Gasteiger partial charge on any atom is 0.263 e. The Kier molecular flexibility index (Phi) is 6.88. The Morgan fingerprint density at radius 1 is 1.28 bits per heavy atom. The Bertz CT molecular complexity index is 1330. The van der Waals surface area contributed by atoms with E-state index in [1.54, 1.807) is 47.2 Å². The van der Waals surface area contributed by atoms with Crippen LogP contribution in [0.1, 0.15) is 5.56 Å². The zero-order chi connectivity index (χ0) is 22.7.